The average Bonchev–Trinajstić information content (AvgIpc) is 3.38. The second-order valence-corrected chi connectivity index (χ2v) is 10.1. The van der Waals surface area contributed by atoms with Crippen LogP contribution in [0.5, 0.6) is 11.5 Å². The summed E-state index contributed by atoms with van der Waals surface area (Å²) in [7, 11) is 1.65. The predicted octanol–water partition coefficient (Wildman–Crippen LogP) is 6.84. The maximum Gasteiger partial charge on any atom is 0.317 e. The zero-order valence-electron chi connectivity index (χ0n) is 22.1. The smallest absolute Gasteiger partial charge is 0.317 e. The van der Waals surface area contributed by atoms with E-state index in [1.54, 1.807) is 7.11 Å². The van der Waals surface area contributed by atoms with E-state index in [0.29, 0.717) is 31.2 Å². The predicted molar refractivity (Wildman–Crippen MR) is 152 cm³/mol. The minimum absolute atomic E-state index is 0.000636. The van der Waals surface area contributed by atoms with Crippen molar-refractivity contribution in [2.75, 3.05) is 13.7 Å². The SMILES string of the molecule is COc1ccc(CN(CCc2c[nH]c3ccccc23)C(=O)NC2CCCCC2)cc1OCc1ccccc1. The molecule has 0 unspecified atom stereocenters. The number of fused-ring (bicyclic) bond motifs is 1. The third-order valence-electron chi connectivity index (χ3n) is 7.38. The summed E-state index contributed by atoms with van der Waals surface area (Å²) in [6.45, 7) is 1.56. The van der Waals surface area contributed by atoms with Gasteiger partial charge < -0.3 is 24.7 Å². The Balaban J connectivity index is 1.32. The van der Waals surface area contributed by atoms with E-state index >= 15 is 0 Å². The highest BCUT2D eigenvalue weighted by Crippen LogP contribution is 2.30. The molecule has 38 heavy (non-hydrogen) atoms. The zero-order chi connectivity index (χ0) is 26.2. The van der Waals surface area contributed by atoms with Crippen molar-refractivity contribution in [2.24, 2.45) is 0 Å². The van der Waals surface area contributed by atoms with Crippen molar-refractivity contribution in [3.05, 3.63) is 95.7 Å². The van der Waals surface area contributed by atoms with Crippen LogP contribution in [0.1, 0.15) is 48.8 Å². The number of rotatable bonds is 10. The first-order valence-corrected chi connectivity index (χ1v) is 13.6. The van der Waals surface area contributed by atoms with Gasteiger partial charge in [0.25, 0.3) is 0 Å². The van der Waals surface area contributed by atoms with Crippen molar-refractivity contribution >= 4 is 16.9 Å². The normalized spacial score (nSPS) is 13.8. The minimum Gasteiger partial charge on any atom is -0.493 e. The number of carbonyl (C=O) groups is 1. The molecule has 1 aliphatic rings. The molecule has 0 radical (unpaired) electrons. The molecular formula is C32H37N3O3. The van der Waals surface area contributed by atoms with Crippen molar-refractivity contribution in [3.63, 3.8) is 0 Å². The molecule has 1 heterocycles. The molecular weight excluding hydrogens is 474 g/mol. The fourth-order valence-electron chi connectivity index (χ4n) is 5.25. The molecule has 6 nitrogen and oxygen atoms in total. The van der Waals surface area contributed by atoms with E-state index in [9.17, 15) is 4.79 Å². The summed E-state index contributed by atoms with van der Waals surface area (Å²) >= 11 is 0. The number of urea groups is 1. The first-order valence-electron chi connectivity index (χ1n) is 13.6. The number of nitrogens with one attached hydrogen (secondary N) is 2. The Kier molecular flexibility index (Phi) is 8.49. The Morgan fingerprint density at radius 2 is 1.74 bits per heavy atom. The Morgan fingerprint density at radius 1 is 0.947 bits per heavy atom. The van der Waals surface area contributed by atoms with Gasteiger partial charge in [-0.3, -0.25) is 0 Å². The molecule has 0 aliphatic heterocycles. The van der Waals surface area contributed by atoms with Crippen LogP contribution in [0.15, 0.2) is 79.0 Å². The van der Waals surface area contributed by atoms with Crippen molar-refractivity contribution in [2.45, 2.75) is 57.7 Å². The summed E-state index contributed by atoms with van der Waals surface area (Å²) in [5.74, 6) is 1.36. The van der Waals surface area contributed by atoms with E-state index in [1.165, 1.54) is 30.2 Å². The first kappa shape index (κ1) is 25.7. The van der Waals surface area contributed by atoms with Crippen LogP contribution < -0.4 is 14.8 Å². The molecule has 1 saturated carbocycles. The molecule has 2 amide bonds. The summed E-state index contributed by atoms with van der Waals surface area (Å²) in [6, 6.07) is 24.6. The van der Waals surface area contributed by atoms with E-state index in [-0.39, 0.29) is 12.1 Å². The van der Waals surface area contributed by atoms with E-state index in [4.69, 9.17) is 9.47 Å². The fourth-order valence-corrected chi connectivity index (χ4v) is 5.25. The second kappa shape index (κ2) is 12.5. The molecule has 4 aromatic rings. The van der Waals surface area contributed by atoms with Gasteiger partial charge in [-0.1, -0.05) is 73.9 Å². The molecule has 0 atom stereocenters. The lowest BCUT2D eigenvalue weighted by molar-refractivity contribution is 0.188. The van der Waals surface area contributed by atoms with E-state index in [0.717, 1.165) is 35.9 Å². The molecule has 0 bridgehead atoms. The first-order chi connectivity index (χ1) is 18.7. The molecule has 0 saturated heterocycles. The lowest BCUT2D eigenvalue weighted by Crippen LogP contribution is -2.45. The number of H-pyrrole nitrogens is 1. The van der Waals surface area contributed by atoms with Gasteiger partial charge in [0.15, 0.2) is 11.5 Å². The highest BCUT2D eigenvalue weighted by atomic mass is 16.5. The topological polar surface area (TPSA) is 66.6 Å². The number of hydrogen-bond donors (Lipinski definition) is 2. The van der Waals surface area contributed by atoms with E-state index in [2.05, 4.69) is 34.7 Å². The van der Waals surface area contributed by atoms with Crippen molar-refractivity contribution in [1.82, 2.24) is 15.2 Å². The van der Waals surface area contributed by atoms with Gasteiger partial charge >= 0.3 is 6.03 Å². The number of aromatic amines is 1. The van der Waals surface area contributed by atoms with Crippen LogP contribution in [0.25, 0.3) is 10.9 Å². The van der Waals surface area contributed by atoms with Crippen LogP contribution in [0.3, 0.4) is 0 Å². The van der Waals surface area contributed by atoms with Gasteiger partial charge in [-0.05, 0) is 54.2 Å². The number of para-hydroxylation sites is 1. The standard InChI is InChI=1S/C32H37N3O3/c1-37-30-17-16-25(20-31(30)38-23-24-10-4-2-5-11-24)22-35(32(36)34-27-12-6-3-7-13-27)19-18-26-21-33-29-15-9-8-14-28(26)29/h2,4-5,8-11,14-17,20-21,27,33H,3,6-7,12-13,18-19,22-23H2,1H3,(H,34,36). The quantitative estimate of drug-likeness (QED) is 0.245. The lowest BCUT2D eigenvalue weighted by atomic mass is 9.96. The number of nitrogens with zero attached hydrogens (tertiary/aromatic N) is 1. The average molecular weight is 512 g/mol. The van der Waals surface area contributed by atoms with Gasteiger partial charge in [0.05, 0.1) is 7.11 Å². The van der Waals surface area contributed by atoms with Crippen LogP contribution in [-0.4, -0.2) is 35.6 Å². The molecule has 6 heteroatoms. The maximum atomic E-state index is 13.5. The van der Waals surface area contributed by atoms with Crippen molar-refractivity contribution in [1.29, 1.82) is 0 Å². The molecule has 1 aromatic heterocycles. The molecule has 1 fully saturated rings. The molecule has 5 rings (SSSR count). The van der Waals surface area contributed by atoms with Crippen LogP contribution in [0.4, 0.5) is 4.79 Å². The summed E-state index contributed by atoms with van der Waals surface area (Å²) in [5, 5.41) is 4.52. The van der Waals surface area contributed by atoms with Crippen molar-refractivity contribution < 1.29 is 14.3 Å². The van der Waals surface area contributed by atoms with Gasteiger partial charge in [0.1, 0.15) is 6.61 Å². The van der Waals surface area contributed by atoms with Gasteiger partial charge in [-0.25, -0.2) is 4.79 Å². The molecule has 1 aliphatic carbocycles. The van der Waals surface area contributed by atoms with Crippen LogP contribution in [0, 0.1) is 0 Å². The monoisotopic (exact) mass is 511 g/mol. The van der Waals surface area contributed by atoms with Crippen LogP contribution in [-0.2, 0) is 19.6 Å². The third-order valence-corrected chi connectivity index (χ3v) is 7.38. The molecule has 0 spiro atoms. The number of amides is 2. The number of ether oxygens (including phenoxy) is 2. The van der Waals surface area contributed by atoms with Crippen LogP contribution >= 0.6 is 0 Å². The van der Waals surface area contributed by atoms with Gasteiger partial charge in [-0.2, -0.15) is 0 Å². The second-order valence-electron chi connectivity index (χ2n) is 10.1. The van der Waals surface area contributed by atoms with Crippen LogP contribution in [0.2, 0.25) is 0 Å². The maximum absolute atomic E-state index is 13.5. The number of methoxy groups -OCH3 is 1. The number of carbonyl (C=O) groups excluding carboxylic acids is 1. The Labute approximate surface area is 225 Å². The Hall–Kier alpha value is -3.93. The summed E-state index contributed by atoms with van der Waals surface area (Å²) < 4.78 is 11.7. The molecule has 3 aromatic carbocycles. The number of aromatic nitrogens is 1. The zero-order valence-corrected chi connectivity index (χ0v) is 22.1. The largest absolute Gasteiger partial charge is 0.493 e. The highest BCUT2D eigenvalue weighted by Gasteiger charge is 2.21. The Morgan fingerprint density at radius 3 is 2.55 bits per heavy atom. The summed E-state index contributed by atoms with van der Waals surface area (Å²) in [5.41, 5.74) is 4.44. The minimum atomic E-state index is -0.000636. The lowest BCUT2D eigenvalue weighted by Gasteiger charge is -2.29. The molecule has 198 valence electrons. The van der Waals surface area contributed by atoms with Gasteiger partial charge in [0.2, 0.25) is 0 Å². The third kappa shape index (κ3) is 6.49. The highest BCUT2D eigenvalue weighted by molar-refractivity contribution is 5.83. The number of benzene rings is 3. The number of hydrogen-bond acceptors (Lipinski definition) is 3. The van der Waals surface area contributed by atoms with E-state index in [1.807, 2.05) is 59.5 Å². The Bertz CT molecular complexity index is 1330. The van der Waals surface area contributed by atoms with Gasteiger partial charge in [0, 0.05) is 36.2 Å². The van der Waals surface area contributed by atoms with E-state index < -0.39 is 0 Å². The summed E-state index contributed by atoms with van der Waals surface area (Å²) in [4.78, 5) is 18.8. The molecule has 2 N–H and O–H groups in total. The fraction of sp³-hybridized carbons (Fsp3) is 0.344. The van der Waals surface area contributed by atoms with Gasteiger partial charge in [-0.15, -0.1) is 0 Å². The van der Waals surface area contributed by atoms with Crippen molar-refractivity contribution in [3.8, 4) is 11.5 Å². The summed E-state index contributed by atoms with van der Waals surface area (Å²) in [6.07, 6.45) is 8.57.